The molecule has 0 bridgehead atoms. The summed E-state index contributed by atoms with van der Waals surface area (Å²) in [6.07, 6.45) is -4.70. The van der Waals surface area contributed by atoms with Crippen molar-refractivity contribution in [2.75, 3.05) is 13.1 Å². The molecule has 6 heteroatoms. The smallest absolute Gasteiger partial charge is 0.358 e. The highest BCUT2D eigenvalue weighted by atomic mass is 19.4. The molecule has 1 fully saturated rings. The summed E-state index contributed by atoms with van der Waals surface area (Å²) in [5, 5.41) is 20.6. The van der Waals surface area contributed by atoms with Crippen molar-refractivity contribution in [1.82, 2.24) is 5.32 Å². The number of nitrogens with one attached hydrogen (secondary N) is 1. The van der Waals surface area contributed by atoms with Gasteiger partial charge < -0.3 is 15.5 Å². The fourth-order valence-corrected chi connectivity index (χ4v) is 1.46. The van der Waals surface area contributed by atoms with Crippen molar-refractivity contribution in [1.29, 1.82) is 0 Å². The van der Waals surface area contributed by atoms with Crippen LogP contribution in [0.1, 0.15) is 12.8 Å². The Hall–Kier alpha value is -0.330. The molecule has 3 N–H and O–H groups in total. The molecule has 0 aromatic carbocycles. The van der Waals surface area contributed by atoms with Crippen LogP contribution in [0, 0.1) is 5.92 Å². The van der Waals surface area contributed by atoms with Crippen molar-refractivity contribution in [3.8, 4) is 0 Å². The average Bonchev–Trinajstić information content (AvgIpc) is 2.04. The highest BCUT2D eigenvalue weighted by molar-refractivity contribution is 4.85. The minimum absolute atomic E-state index is 0.131. The molecule has 1 aliphatic heterocycles. The van der Waals surface area contributed by atoms with Crippen LogP contribution in [0.2, 0.25) is 0 Å². The van der Waals surface area contributed by atoms with Crippen LogP contribution >= 0.6 is 0 Å². The van der Waals surface area contributed by atoms with Crippen LogP contribution in [0.4, 0.5) is 13.2 Å². The zero-order valence-electron chi connectivity index (χ0n) is 6.93. The molecule has 78 valence electrons. The van der Waals surface area contributed by atoms with Crippen LogP contribution in [0.3, 0.4) is 0 Å². The Labute approximate surface area is 73.6 Å². The van der Waals surface area contributed by atoms with E-state index in [-0.39, 0.29) is 12.8 Å². The fraction of sp³-hybridized carbons (Fsp3) is 1.00. The first-order valence-electron chi connectivity index (χ1n) is 4.08. The Morgan fingerprint density at radius 1 is 1.08 bits per heavy atom. The van der Waals surface area contributed by atoms with Gasteiger partial charge >= 0.3 is 6.18 Å². The van der Waals surface area contributed by atoms with Crippen LogP contribution in [0.5, 0.6) is 0 Å². The first-order chi connectivity index (χ1) is 5.86. The molecule has 1 saturated heterocycles. The van der Waals surface area contributed by atoms with Crippen LogP contribution in [0.25, 0.3) is 0 Å². The topological polar surface area (TPSA) is 52.5 Å². The average molecular weight is 199 g/mol. The molecular weight excluding hydrogens is 187 g/mol. The Bertz CT molecular complexity index is 175. The van der Waals surface area contributed by atoms with Gasteiger partial charge in [0.15, 0.2) is 0 Å². The number of hydrogen-bond acceptors (Lipinski definition) is 3. The quantitative estimate of drug-likeness (QED) is 0.530. The lowest BCUT2D eigenvalue weighted by atomic mass is 9.89. The second-order valence-electron chi connectivity index (χ2n) is 3.25. The van der Waals surface area contributed by atoms with Crippen LogP contribution in [0.15, 0.2) is 0 Å². The molecule has 0 spiro atoms. The molecule has 0 unspecified atom stereocenters. The third-order valence-electron chi connectivity index (χ3n) is 2.33. The highest BCUT2D eigenvalue weighted by Crippen LogP contribution is 2.37. The summed E-state index contributed by atoms with van der Waals surface area (Å²) >= 11 is 0. The molecule has 0 aromatic heterocycles. The molecular formula is C7H12F3NO2. The first kappa shape index (κ1) is 10.7. The number of alkyl halides is 3. The largest absolute Gasteiger partial charge is 0.443 e. The molecule has 0 aliphatic carbocycles. The van der Waals surface area contributed by atoms with E-state index in [1.54, 1.807) is 0 Å². The van der Waals surface area contributed by atoms with Crippen molar-refractivity contribution in [2.24, 2.45) is 5.92 Å². The molecule has 0 saturated carbocycles. The summed E-state index contributed by atoms with van der Waals surface area (Å²) in [6, 6.07) is 0. The maximum atomic E-state index is 12.1. The number of halogens is 3. The molecule has 3 nitrogen and oxygen atoms in total. The van der Waals surface area contributed by atoms with E-state index in [4.69, 9.17) is 10.2 Å². The molecule has 0 aromatic rings. The van der Waals surface area contributed by atoms with Gasteiger partial charge in [-0.3, -0.25) is 0 Å². The van der Waals surface area contributed by atoms with E-state index < -0.39 is 17.9 Å². The Balaban J connectivity index is 2.67. The minimum atomic E-state index is -4.96. The van der Waals surface area contributed by atoms with E-state index in [9.17, 15) is 13.2 Å². The second kappa shape index (κ2) is 3.43. The van der Waals surface area contributed by atoms with Crippen molar-refractivity contribution >= 4 is 0 Å². The summed E-state index contributed by atoms with van der Waals surface area (Å²) in [7, 11) is 0. The van der Waals surface area contributed by atoms with Gasteiger partial charge in [0.25, 0.3) is 5.79 Å². The SMILES string of the molecule is OC(O)(C1CCNCC1)C(F)(F)F. The zero-order chi connectivity index (χ0) is 10.1. The van der Waals surface area contributed by atoms with Gasteiger partial charge in [-0.15, -0.1) is 0 Å². The van der Waals surface area contributed by atoms with Gasteiger partial charge in [0.1, 0.15) is 0 Å². The Morgan fingerprint density at radius 3 is 1.92 bits per heavy atom. The van der Waals surface area contributed by atoms with Crippen molar-refractivity contribution in [3.63, 3.8) is 0 Å². The molecule has 1 heterocycles. The minimum Gasteiger partial charge on any atom is -0.358 e. The summed E-state index contributed by atoms with van der Waals surface area (Å²) in [5.41, 5.74) is 0. The maximum absolute atomic E-state index is 12.1. The van der Waals surface area contributed by atoms with Gasteiger partial charge in [0.05, 0.1) is 0 Å². The number of aliphatic hydroxyl groups is 2. The van der Waals surface area contributed by atoms with Crippen LogP contribution in [-0.4, -0.2) is 35.3 Å². The zero-order valence-corrected chi connectivity index (χ0v) is 6.93. The summed E-state index contributed by atoms with van der Waals surface area (Å²) in [4.78, 5) is 0. The molecule has 0 radical (unpaired) electrons. The second-order valence-corrected chi connectivity index (χ2v) is 3.25. The van der Waals surface area contributed by atoms with E-state index in [1.807, 2.05) is 0 Å². The predicted molar refractivity (Wildman–Crippen MR) is 38.8 cm³/mol. The third-order valence-corrected chi connectivity index (χ3v) is 2.33. The van der Waals surface area contributed by atoms with Crippen molar-refractivity contribution < 1.29 is 23.4 Å². The van der Waals surface area contributed by atoms with Crippen molar-refractivity contribution in [3.05, 3.63) is 0 Å². The predicted octanol–water partition coefficient (Wildman–Crippen LogP) is 0.229. The lowest BCUT2D eigenvalue weighted by molar-refractivity contribution is -0.371. The van der Waals surface area contributed by atoms with Crippen molar-refractivity contribution in [2.45, 2.75) is 24.8 Å². The number of rotatable bonds is 1. The standard InChI is InChI=1S/C7H12F3NO2/c8-7(9,10)6(12,13)5-1-3-11-4-2-5/h5,11-13H,1-4H2. The highest BCUT2D eigenvalue weighted by Gasteiger charge is 2.57. The lowest BCUT2D eigenvalue weighted by Crippen LogP contribution is -2.53. The van der Waals surface area contributed by atoms with Gasteiger partial charge in [0, 0.05) is 5.92 Å². The number of hydrogen-bond donors (Lipinski definition) is 3. The van der Waals surface area contributed by atoms with E-state index in [0.717, 1.165) is 0 Å². The summed E-state index contributed by atoms with van der Waals surface area (Å²) < 4.78 is 36.3. The van der Waals surface area contributed by atoms with E-state index in [0.29, 0.717) is 13.1 Å². The maximum Gasteiger partial charge on any atom is 0.443 e. The Kier molecular flexibility index (Phi) is 2.84. The lowest BCUT2D eigenvalue weighted by Gasteiger charge is -2.35. The van der Waals surface area contributed by atoms with E-state index >= 15 is 0 Å². The summed E-state index contributed by atoms with van der Waals surface area (Å²) in [5.74, 6) is -4.65. The van der Waals surface area contributed by atoms with E-state index in [1.165, 1.54) is 0 Å². The normalized spacial score (nSPS) is 21.9. The number of piperidine rings is 1. The third kappa shape index (κ3) is 2.12. The molecule has 1 aliphatic rings. The summed E-state index contributed by atoms with van der Waals surface area (Å²) in [6.45, 7) is 0.785. The van der Waals surface area contributed by atoms with E-state index in [2.05, 4.69) is 5.32 Å². The fourth-order valence-electron chi connectivity index (χ4n) is 1.46. The molecule has 0 amide bonds. The Morgan fingerprint density at radius 2 is 1.54 bits per heavy atom. The van der Waals surface area contributed by atoms with Crippen LogP contribution < -0.4 is 5.32 Å². The van der Waals surface area contributed by atoms with Gasteiger partial charge in [-0.2, -0.15) is 13.2 Å². The van der Waals surface area contributed by atoms with Crippen LogP contribution in [-0.2, 0) is 0 Å². The monoisotopic (exact) mass is 199 g/mol. The molecule has 1 rings (SSSR count). The molecule has 13 heavy (non-hydrogen) atoms. The van der Waals surface area contributed by atoms with Gasteiger partial charge in [-0.05, 0) is 25.9 Å². The van der Waals surface area contributed by atoms with Gasteiger partial charge in [-0.25, -0.2) is 0 Å². The molecule has 0 atom stereocenters. The van der Waals surface area contributed by atoms with Gasteiger partial charge in [-0.1, -0.05) is 0 Å². The van der Waals surface area contributed by atoms with Gasteiger partial charge in [0.2, 0.25) is 0 Å². The first-order valence-corrected chi connectivity index (χ1v) is 4.08.